The molecule has 5 heteroatoms. The Hall–Kier alpha value is -1.81. The molecule has 0 unspecified atom stereocenters. The number of carbonyl (C=O) groups is 1. The van der Waals surface area contributed by atoms with E-state index in [0.29, 0.717) is 22.5 Å². The number of nitrogens with zero attached hydrogens (tertiary/aromatic N) is 1. The Bertz CT molecular complexity index is 691. The third kappa shape index (κ3) is 2.79. The maximum atomic E-state index is 11.9. The summed E-state index contributed by atoms with van der Waals surface area (Å²) in [4.78, 5) is 23.4. The van der Waals surface area contributed by atoms with Crippen molar-refractivity contribution >= 4 is 28.5 Å². The number of benzene rings is 1. The Balaban J connectivity index is 2.60. The lowest BCUT2D eigenvalue weighted by Gasteiger charge is -2.12. The van der Waals surface area contributed by atoms with Crippen LogP contribution in [0, 0.1) is 6.92 Å². The lowest BCUT2D eigenvalue weighted by Crippen LogP contribution is -2.16. The summed E-state index contributed by atoms with van der Waals surface area (Å²) in [5, 5.41) is 1.02. The molecule has 2 rings (SSSR count). The molecule has 0 radical (unpaired) electrons. The summed E-state index contributed by atoms with van der Waals surface area (Å²) in [5.41, 5.74) is 1.45. The van der Waals surface area contributed by atoms with Crippen LogP contribution in [-0.2, 0) is 16.1 Å². The molecule has 0 saturated carbocycles. The van der Waals surface area contributed by atoms with Crippen molar-refractivity contribution in [3.63, 3.8) is 0 Å². The number of hydrogen-bond donors (Lipinski definition) is 0. The first-order valence-electron chi connectivity index (χ1n) is 5.98. The Labute approximate surface area is 115 Å². The van der Waals surface area contributed by atoms with Crippen LogP contribution in [0.15, 0.2) is 29.2 Å². The van der Waals surface area contributed by atoms with Crippen LogP contribution in [0.25, 0.3) is 10.9 Å². The molecule has 1 aromatic heterocycles. The second-order valence-electron chi connectivity index (χ2n) is 4.23. The molecule has 2 aromatic rings. The molecule has 0 spiro atoms. The molecule has 100 valence electrons. The third-order valence-corrected chi connectivity index (χ3v) is 3.05. The van der Waals surface area contributed by atoms with Gasteiger partial charge in [0.2, 0.25) is 0 Å². The van der Waals surface area contributed by atoms with E-state index in [1.54, 1.807) is 29.8 Å². The molecule has 0 amide bonds. The lowest BCUT2D eigenvalue weighted by molar-refractivity contribution is -0.143. The fraction of sp³-hybridized carbons (Fsp3) is 0.286. The van der Waals surface area contributed by atoms with Crippen LogP contribution in [0.3, 0.4) is 0 Å². The molecule has 0 aliphatic heterocycles. The number of aryl methyl sites for hydroxylation is 1. The third-order valence-electron chi connectivity index (χ3n) is 2.83. The van der Waals surface area contributed by atoms with Crippen molar-refractivity contribution in [3.8, 4) is 0 Å². The number of hydrogen-bond acceptors (Lipinski definition) is 3. The topological polar surface area (TPSA) is 48.3 Å². The van der Waals surface area contributed by atoms with Gasteiger partial charge >= 0.3 is 5.97 Å². The van der Waals surface area contributed by atoms with Crippen molar-refractivity contribution in [2.45, 2.75) is 20.4 Å². The maximum Gasteiger partial charge on any atom is 0.325 e. The van der Waals surface area contributed by atoms with E-state index in [2.05, 4.69) is 0 Å². The van der Waals surface area contributed by atoms with Gasteiger partial charge in [0.25, 0.3) is 0 Å². The van der Waals surface area contributed by atoms with Crippen molar-refractivity contribution in [1.29, 1.82) is 0 Å². The van der Waals surface area contributed by atoms with Gasteiger partial charge in [-0.2, -0.15) is 0 Å². The largest absolute Gasteiger partial charge is 0.465 e. The van der Waals surface area contributed by atoms with E-state index in [-0.39, 0.29) is 17.9 Å². The zero-order valence-corrected chi connectivity index (χ0v) is 11.5. The van der Waals surface area contributed by atoms with Crippen LogP contribution in [-0.4, -0.2) is 17.1 Å². The molecule has 0 N–H and O–H groups in total. The van der Waals surface area contributed by atoms with E-state index < -0.39 is 0 Å². The monoisotopic (exact) mass is 279 g/mol. The minimum absolute atomic E-state index is 0.0765. The summed E-state index contributed by atoms with van der Waals surface area (Å²) in [6, 6.07) is 4.82. The number of rotatable bonds is 3. The molecule has 0 atom stereocenters. The normalized spacial score (nSPS) is 10.7. The van der Waals surface area contributed by atoms with Gasteiger partial charge in [0.05, 0.1) is 12.1 Å². The summed E-state index contributed by atoms with van der Waals surface area (Å²) in [7, 11) is 0. The zero-order chi connectivity index (χ0) is 14.0. The van der Waals surface area contributed by atoms with Crippen LogP contribution >= 0.6 is 11.6 Å². The van der Waals surface area contributed by atoms with E-state index >= 15 is 0 Å². The second kappa shape index (κ2) is 5.45. The van der Waals surface area contributed by atoms with Crippen molar-refractivity contribution in [2.75, 3.05) is 6.61 Å². The van der Waals surface area contributed by atoms with Gasteiger partial charge in [-0.25, -0.2) is 0 Å². The molecule has 0 aliphatic rings. The molecule has 1 aromatic carbocycles. The van der Waals surface area contributed by atoms with E-state index in [4.69, 9.17) is 16.3 Å². The molecular formula is C14H14ClNO3. The van der Waals surface area contributed by atoms with Crippen LogP contribution < -0.4 is 5.43 Å². The lowest BCUT2D eigenvalue weighted by atomic mass is 10.1. The second-order valence-corrected chi connectivity index (χ2v) is 4.67. The summed E-state index contributed by atoms with van der Waals surface area (Å²) in [5.74, 6) is -0.332. The molecule has 0 bridgehead atoms. The fourth-order valence-electron chi connectivity index (χ4n) is 2.10. The molecule has 19 heavy (non-hydrogen) atoms. The van der Waals surface area contributed by atoms with Gasteiger partial charge in [0, 0.05) is 22.7 Å². The van der Waals surface area contributed by atoms with Crippen LogP contribution in [0.4, 0.5) is 0 Å². The summed E-state index contributed by atoms with van der Waals surface area (Å²) >= 11 is 5.96. The Kier molecular flexibility index (Phi) is 3.90. The highest BCUT2D eigenvalue weighted by molar-refractivity contribution is 6.31. The van der Waals surface area contributed by atoms with Crippen LogP contribution in [0.2, 0.25) is 5.02 Å². The number of ether oxygens (including phenoxy) is 1. The van der Waals surface area contributed by atoms with Crippen molar-refractivity contribution in [1.82, 2.24) is 4.57 Å². The van der Waals surface area contributed by atoms with Gasteiger partial charge in [-0.1, -0.05) is 11.6 Å². The predicted octanol–water partition coefficient (Wildman–Crippen LogP) is 2.53. The standard InChI is InChI=1S/C14H14ClNO3/c1-3-19-13(18)8-16-5-4-12(17)11-7-10(15)6-9(2)14(11)16/h4-7H,3,8H2,1-2H3. The van der Waals surface area contributed by atoms with Gasteiger partial charge < -0.3 is 9.30 Å². The number of aromatic nitrogens is 1. The average molecular weight is 280 g/mol. The highest BCUT2D eigenvalue weighted by Gasteiger charge is 2.10. The summed E-state index contributed by atoms with van der Waals surface area (Å²) in [6.45, 7) is 4.02. The molecule has 1 heterocycles. The molecule has 0 aliphatic carbocycles. The number of halogens is 1. The van der Waals surface area contributed by atoms with Crippen molar-refractivity contribution in [2.24, 2.45) is 0 Å². The first-order valence-corrected chi connectivity index (χ1v) is 6.35. The molecule has 0 saturated heterocycles. The first-order chi connectivity index (χ1) is 9.02. The van der Waals surface area contributed by atoms with Crippen molar-refractivity contribution < 1.29 is 9.53 Å². The first kappa shape index (κ1) is 13.6. The summed E-state index contributed by atoms with van der Waals surface area (Å²) < 4.78 is 6.63. The number of carbonyl (C=O) groups excluding carboxylic acids is 1. The maximum absolute atomic E-state index is 11.9. The number of fused-ring (bicyclic) bond motifs is 1. The Morgan fingerprint density at radius 3 is 2.84 bits per heavy atom. The summed E-state index contributed by atoms with van der Waals surface area (Å²) in [6.07, 6.45) is 1.60. The minimum atomic E-state index is -0.332. The highest BCUT2D eigenvalue weighted by Crippen LogP contribution is 2.21. The Morgan fingerprint density at radius 2 is 2.16 bits per heavy atom. The van der Waals surface area contributed by atoms with Crippen LogP contribution in [0.1, 0.15) is 12.5 Å². The molecule has 0 fully saturated rings. The quantitative estimate of drug-likeness (QED) is 0.811. The van der Waals surface area contributed by atoms with Crippen molar-refractivity contribution in [3.05, 3.63) is 45.2 Å². The van der Waals surface area contributed by atoms with Gasteiger partial charge in [-0.15, -0.1) is 0 Å². The van der Waals surface area contributed by atoms with Crippen LogP contribution in [0.5, 0.6) is 0 Å². The molecule has 4 nitrogen and oxygen atoms in total. The fourth-order valence-corrected chi connectivity index (χ4v) is 2.38. The number of pyridine rings is 1. The van der Waals surface area contributed by atoms with E-state index in [9.17, 15) is 9.59 Å². The van der Waals surface area contributed by atoms with E-state index in [1.165, 1.54) is 6.07 Å². The van der Waals surface area contributed by atoms with Gasteiger partial charge in [0.1, 0.15) is 6.54 Å². The SMILES string of the molecule is CCOC(=O)Cn1ccc(=O)c2cc(Cl)cc(C)c21. The van der Waals surface area contributed by atoms with Gasteiger partial charge in [0.15, 0.2) is 5.43 Å². The van der Waals surface area contributed by atoms with E-state index in [0.717, 1.165) is 5.56 Å². The molecular weight excluding hydrogens is 266 g/mol. The number of esters is 1. The zero-order valence-electron chi connectivity index (χ0n) is 10.8. The smallest absolute Gasteiger partial charge is 0.325 e. The highest BCUT2D eigenvalue weighted by atomic mass is 35.5. The van der Waals surface area contributed by atoms with E-state index in [1.807, 2.05) is 6.92 Å². The average Bonchev–Trinajstić information content (AvgIpc) is 2.33. The Morgan fingerprint density at radius 1 is 1.42 bits per heavy atom. The predicted molar refractivity (Wildman–Crippen MR) is 74.6 cm³/mol. The van der Waals surface area contributed by atoms with Gasteiger partial charge in [-0.05, 0) is 31.5 Å². The van der Waals surface area contributed by atoms with Gasteiger partial charge in [-0.3, -0.25) is 9.59 Å². The minimum Gasteiger partial charge on any atom is -0.465 e.